The Morgan fingerprint density at radius 2 is 1.92 bits per heavy atom. The van der Waals surface area contributed by atoms with Gasteiger partial charge in [0, 0.05) is 17.8 Å². The smallest absolute Gasteiger partial charge is 0.407 e. The molecule has 1 amide bonds. The number of benzene rings is 2. The molecule has 0 saturated heterocycles. The number of hydrogen-bond acceptors (Lipinski definition) is 5. The van der Waals surface area contributed by atoms with Crippen LogP contribution >= 0.6 is 0 Å². The zero-order valence-corrected chi connectivity index (χ0v) is 13.5. The second kappa shape index (κ2) is 8.33. The largest absolute Gasteiger partial charge is 0.445 e. The lowest BCUT2D eigenvalue weighted by Crippen LogP contribution is -2.36. The van der Waals surface area contributed by atoms with Gasteiger partial charge in [-0.2, -0.15) is 0 Å². The van der Waals surface area contributed by atoms with Crippen LogP contribution in [0.1, 0.15) is 22.8 Å². The van der Waals surface area contributed by atoms with Crippen LogP contribution in [0.3, 0.4) is 0 Å². The molecular weight excluding hydrogens is 308 g/mol. The summed E-state index contributed by atoms with van der Waals surface area (Å²) < 4.78 is 5.04. The number of aliphatic hydroxyl groups is 2. The third kappa shape index (κ3) is 4.97. The Morgan fingerprint density at radius 1 is 1.21 bits per heavy atom. The third-order valence-electron chi connectivity index (χ3n) is 3.59. The van der Waals surface area contributed by atoms with E-state index in [1.807, 2.05) is 43.3 Å². The molecule has 0 saturated carbocycles. The predicted molar refractivity (Wildman–Crippen MR) is 91.2 cm³/mol. The number of rotatable bonds is 6. The van der Waals surface area contributed by atoms with Crippen molar-refractivity contribution in [1.29, 1.82) is 0 Å². The van der Waals surface area contributed by atoms with Crippen molar-refractivity contribution in [3.8, 4) is 0 Å². The number of anilines is 1. The molecule has 2 rings (SSSR count). The van der Waals surface area contributed by atoms with Crippen LogP contribution in [-0.4, -0.2) is 29.0 Å². The Balaban J connectivity index is 1.82. The molecule has 0 aliphatic rings. The van der Waals surface area contributed by atoms with E-state index in [-0.39, 0.29) is 13.2 Å². The fraction of sp³-hybridized carbons (Fsp3) is 0.278. The number of carbonyl (C=O) groups is 1. The molecule has 6 nitrogen and oxygen atoms in total. The standard InChI is InChI=1S/C18H22N2O4/c1-12-7-8-15(19)14(9-12)17(22)16(21)10-20-18(23)24-11-13-5-3-2-4-6-13/h2-9,16-17,21-22H,10-11,19H2,1H3,(H,20,23). The van der Waals surface area contributed by atoms with Gasteiger partial charge in [0.25, 0.3) is 0 Å². The van der Waals surface area contributed by atoms with Crippen molar-refractivity contribution >= 4 is 11.8 Å². The molecule has 128 valence electrons. The maximum absolute atomic E-state index is 11.7. The molecule has 0 bridgehead atoms. The fourth-order valence-corrected chi connectivity index (χ4v) is 2.23. The van der Waals surface area contributed by atoms with Crippen LogP contribution in [0.5, 0.6) is 0 Å². The van der Waals surface area contributed by atoms with Crippen LogP contribution in [0.15, 0.2) is 48.5 Å². The molecule has 2 atom stereocenters. The van der Waals surface area contributed by atoms with Crippen LogP contribution < -0.4 is 11.1 Å². The van der Waals surface area contributed by atoms with Crippen LogP contribution in [0.25, 0.3) is 0 Å². The molecule has 2 aromatic carbocycles. The normalized spacial score (nSPS) is 13.1. The highest BCUT2D eigenvalue weighted by Crippen LogP contribution is 2.24. The number of nitrogen functional groups attached to an aromatic ring is 1. The van der Waals surface area contributed by atoms with E-state index in [1.54, 1.807) is 12.1 Å². The quantitative estimate of drug-likeness (QED) is 0.606. The highest BCUT2D eigenvalue weighted by Gasteiger charge is 2.21. The Hall–Kier alpha value is -2.57. The number of nitrogens with one attached hydrogen (secondary N) is 1. The second-order valence-electron chi connectivity index (χ2n) is 5.59. The van der Waals surface area contributed by atoms with E-state index in [0.717, 1.165) is 11.1 Å². The summed E-state index contributed by atoms with van der Waals surface area (Å²) in [5.41, 5.74) is 8.41. The molecule has 0 fully saturated rings. The summed E-state index contributed by atoms with van der Waals surface area (Å²) in [6.45, 7) is 1.85. The van der Waals surface area contributed by atoms with Crippen LogP contribution in [0.4, 0.5) is 10.5 Å². The first kappa shape index (κ1) is 17.8. The maximum atomic E-state index is 11.7. The van der Waals surface area contributed by atoms with Gasteiger partial charge in [-0.1, -0.05) is 48.0 Å². The number of amides is 1. The number of aliphatic hydroxyl groups excluding tert-OH is 2. The number of ether oxygens (including phenoxy) is 1. The van der Waals surface area contributed by atoms with Gasteiger partial charge in [0.1, 0.15) is 18.8 Å². The lowest BCUT2D eigenvalue weighted by atomic mass is 10.0. The molecule has 0 aromatic heterocycles. The van der Waals surface area contributed by atoms with Gasteiger partial charge < -0.3 is 26.0 Å². The summed E-state index contributed by atoms with van der Waals surface area (Å²) in [4.78, 5) is 11.7. The number of hydrogen-bond donors (Lipinski definition) is 4. The minimum atomic E-state index is -1.20. The average Bonchev–Trinajstić information content (AvgIpc) is 2.60. The number of alkyl carbamates (subject to hydrolysis) is 1. The molecule has 2 aromatic rings. The van der Waals surface area contributed by atoms with E-state index in [9.17, 15) is 15.0 Å². The first-order valence-corrected chi connectivity index (χ1v) is 7.64. The fourth-order valence-electron chi connectivity index (χ4n) is 2.23. The van der Waals surface area contributed by atoms with E-state index in [4.69, 9.17) is 10.5 Å². The molecule has 24 heavy (non-hydrogen) atoms. The van der Waals surface area contributed by atoms with Gasteiger partial charge in [0.05, 0.1) is 0 Å². The highest BCUT2D eigenvalue weighted by atomic mass is 16.5. The number of carbonyl (C=O) groups excluding carboxylic acids is 1. The lowest BCUT2D eigenvalue weighted by Gasteiger charge is -2.20. The van der Waals surface area contributed by atoms with E-state index >= 15 is 0 Å². The molecule has 0 aliphatic carbocycles. The predicted octanol–water partition coefficient (Wildman–Crippen LogP) is 1.90. The van der Waals surface area contributed by atoms with Gasteiger partial charge >= 0.3 is 6.09 Å². The summed E-state index contributed by atoms with van der Waals surface area (Å²) in [5.74, 6) is 0. The lowest BCUT2D eigenvalue weighted by molar-refractivity contribution is 0.0188. The Labute approximate surface area is 140 Å². The van der Waals surface area contributed by atoms with Gasteiger partial charge in [-0.25, -0.2) is 4.79 Å². The summed E-state index contributed by atoms with van der Waals surface area (Å²) in [5, 5.41) is 22.7. The van der Waals surface area contributed by atoms with Crippen molar-refractivity contribution in [2.45, 2.75) is 25.7 Å². The second-order valence-corrected chi connectivity index (χ2v) is 5.59. The summed E-state index contributed by atoms with van der Waals surface area (Å²) >= 11 is 0. The Kier molecular flexibility index (Phi) is 6.17. The van der Waals surface area contributed by atoms with Crippen LogP contribution in [0, 0.1) is 6.92 Å². The zero-order chi connectivity index (χ0) is 17.5. The molecule has 0 radical (unpaired) electrons. The van der Waals surface area contributed by atoms with Crippen LogP contribution in [0.2, 0.25) is 0 Å². The molecule has 0 heterocycles. The molecule has 5 N–H and O–H groups in total. The first-order valence-electron chi connectivity index (χ1n) is 7.64. The van der Waals surface area contributed by atoms with Gasteiger partial charge in [-0.3, -0.25) is 0 Å². The summed E-state index contributed by atoms with van der Waals surface area (Å²) in [6, 6.07) is 14.4. The molecular formula is C18H22N2O4. The SMILES string of the molecule is Cc1ccc(N)c(C(O)C(O)CNC(=O)OCc2ccccc2)c1. The monoisotopic (exact) mass is 330 g/mol. The number of nitrogens with two attached hydrogens (primary N) is 1. The topological polar surface area (TPSA) is 105 Å². The van der Waals surface area contributed by atoms with Gasteiger partial charge in [0.15, 0.2) is 0 Å². The van der Waals surface area contributed by atoms with Crippen molar-refractivity contribution < 1.29 is 19.7 Å². The van der Waals surface area contributed by atoms with E-state index in [2.05, 4.69) is 5.32 Å². The van der Waals surface area contributed by atoms with Crippen molar-refractivity contribution in [3.05, 3.63) is 65.2 Å². The van der Waals surface area contributed by atoms with E-state index < -0.39 is 18.3 Å². The maximum Gasteiger partial charge on any atom is 0.407 e. The van der Waals surface area contributed by atoms with E-state index in [1.165, 1.54) is 0 Å². The van der Waals surface area contributed by atoms with Crippen molar-refractivity contribution in [2.24, 2.45) is 0 Å². The average molecular weight is 330 g/mol. The van der Waals surface area contributed by atoms with Gasteiger partial charge in [-0.05, 0) is 18.6 Å². The molecule has 0 aliphatic heterocycles. The highest BCUT2D eigenvalue weighted by molar-refractivity contribution is 5.67. The minimum Gasteiger partial charge on any atom is -0.445 e. The molecule has 6 heteroatoms. The van der Waals surface area contributed by atoms with Gasteiger partial charge in [-0.15, -0.1) is 0 Å². The summed E-state index contributed by atoms with van der Waals surface area (Å²) in [7, 11) is 0. The van der Waals surface area contributed by atoms with Crippen molar-refractivity contribution in [3.63, 3.8) is 0 Å². The molecule has 2 unspecified atom stereocenters. The Morgan fingerprint density at radius 3 is 2.62 bits per heavy atom. The minimum absolute atomic E-state index is 0.135. The first-order chi connectivity index (χ1) is 11.5. The van der Waals surface area contributed by atoms with Gasteiger partial charge in [0.2, 0.25) is 0 Å². The molecule has 0 spiro atoms. The van der Waals surface area contributed by atoms with Crippen LogP contribution in [-0.2, 0) is 11.3 Å². The summed E-state index contributed by atoms with van der Waals surface area (Å²) in [6.07, 6.45) is -3.06. The zero-order valence-electron chi connectivity index (χ0n) is 13.5. The van der Waals surface area contributed by atoms with E-state index in [0.29, 0.717) is 11.3 Å². The Bertz CT molecular complexity index is 676. The van der Waals surface area contributed by atoms with Crippen molar-refractivity contribution in [1.82, 2.24) is 5.32 Å². The van der Waals surface area contributed by atoms with Crippen molar-refractivity contribution in [2.75, 3.05) is 12.3 Å². The third-order valence-corrected chi connectivity index (χ3v) is 3.59. The number of aryl methyl sites for hydroxylation is 1.